The molecule has 2 nitrogen and oxygen atoms in total. The Bertz CT molecular complexity index is 313. The summed E-state index contributed by atoms with van der Waals surface area (Å²) in [5.74, 6) is 1.65. The van der Waals surface area contributed by atoms with Gasteiger partial charge in [-0.2, -0.15) is 0 Å². The van der Waals surface area contributed by atoms with Crippen molar-refractivity contribution < 1.29 is 13.5 Å². The Kier molecular flexibility index (Phi) is 6.30. The first kappa shape index (κ1) is 15.1. The fourth-order valence-electron chi connectivity index (χ4n) is 2.17. The van der Waals surface area contributed by atoms with Crippen LogP contribution in [0.15, 0.2) is 16.8 Å². The minimum absolute atomic E-state index is 0.408. The summed E-state index contributed by atoms with van der Waals surface area (Å²) in [7, 11) is 0. The summed E-state index contributed by atoms with van der Waals surface area (Å²) in [6, 6.07) is 0. The zero-order valence-electron chi connectivity index (χ0n) is 11.5. The van der Waals surface area contributed by atoms with Crippen molar-refractivity contribution in [3.63, 3.8) is 0 Å². The molecule has 0 radical (unpaired) electrons. The zero-order chi connectivity index (χ0) is 13.5. The Morgan fingerprint density at radius 3 is 2.61 bits per heavy atom. The van der Waals surface area contributed by atoms with Gasteiger partial charge in [-0.25, -0.2) is 8.78 Å². The summed E-state index contributed by atoms with van der Waals surface area (Å²) in [4.78, 5) is 4.47. The molecule has 4 heteroatoms. The molecule has 0 saturated carbocycles. The number of rotatable bonds is 7. The van der Waals surface area contributed by atoms with Gasteiger partial charge in [0.15, 0.2) is 0 Å². The number of hydrogen-bond acceptors (Lipinski definition) is 2. The zero-order valence-corrected chi connectivity index (χ0v) is 11.5. The van der Waals surface area contributed by atoms with Crippen molar-refractivity contribution in [2.75, 3.05) is 13.2 Å². The summed E-state index contributed by atoms with van der Waals surface area (Å²) >= 11 is 0. The lowest BCUT2D eigenvalue weighted by molar-refractivity contribution is 0.0477. The van der Waals surface area contributed by atoms with E-state index in [1.807, 2.05) is 6.08 Å². The Labute approximate surface area is 108 Å². The number of aliphatic imine (C=N–C) groups is 1. The fraction of sp³-hybridized carbons (Fsp3) is 0.786. The molecule has 0 saturated heterocycles. The number of alkyl halides is 2. The summed E-state index contributed by atoms with van der Waals surface area (Å²) in [6.45, 7) is 6.49. The van der Waals surface area contributed by atoms with Gasteiger partial charge in [-0.05, 0) is 17.9 Å². The van der Waals surface area contributed by atoms with Gasteiger partial charge in [0.2, 0.25) is 0 Å². The van der Waals surface area contributed by atoms with Crippen molar-refractivity contribution in [2.24, 2.45) is 16.8 Å². The molecule has 1 aliphatic heterocycles. The molecule has 104 valence electrons. The first-order valence-electron chi connectivity index (χ1n) is 6.67. The molecule has 0 bridgehead atoms. The van der Waals surface area contributed by atoms with E-state index in [0.29, 0.717) is 24.1 Å². The maximum Gasteiger partial charge on any atom is 0.272 e. The number of dihydropyridines is 1. The second-order valence-corrected chi connectivity index (χ2v) is 4.94. The molecule has 18 heavy (non-hydrogen) atoms. The molecule has 0 aromatic carbocycles. The van der Waals surface area contributed by atoms with Gasteiger partial charge in [-0.3, -0.25) is 4.99 Å². The van der Waals surface area contributed by atoms with Gasteiger partial charge in [0.25, 0.3) is 6.43 Å². The Hall–Kier alpha value is -0.930. The van der Waals surface area contributed by atoms with Gasteiger partial charge in [0.1, 0.15) is 12.4 Å². The van der Waals surface area contributed by atoms with Crippen molar-refractivity contribution in [3.8, 4) is 0 Å². The van der Waals surface area contributed by atoms with Crippen LogP contribution in [0.4, 0.5) is 8.78 Å². The third kappa shape index (κ3) is 4.75. The van der Waals surface area contributed by atoms with Crippen LogP contribution >= 0.6 is 0 Å². The topological polar surface area (TPSA) is 21.6 Å². The predicted molar refractivity (Wildman–Crippen MR) is 70.2 cm³/mol. The van der Waals surface area contributed by atoms with Crippen LogP contribution in [0.5, 0.6) is 0 Å². The first-order valence-corrected chi connectivity index (χ1v) is 6.67. The van der Waals surface area contributed by atoms with Crippen LogP contribution in [0.2, 0.25) is 0 Å². The molecule has 0 spiro atoms. The molecule has 0 N–H and O–H groups in total. The molecule has 2 atom stereocenters. The molecule has 1 rings (SSSR count). The third-order valence-electron chi connectivity index (χ3n) is 3.49. The predicted octanol–water partition coefficient (Wildman–Crippen LogP) is 4.07. The van der Waals surface area contributed by atoms with Crippen molar-refractivity contribution in [1.29, 1.82) is 0 Å². The lowest BCUT2D eigenvalue weighted by Gasteiger charge is -2.23. The molecule has 1 aliphatic rings. The van der Waals surface area contributed by atoms with E-state index >= 15 is 0 Å². The van der Waals surface area contributed by atoms with Gasteiger partial charge in [0.05, 0.1) is 6.54 Å². The van der Waals surface area contributed by atoms with Gasteiger partial charge in [-0.15, -0.1) is 0 Å². The number of ether oxygens (including phenoxy) is 1. The standard InChI is InChI=1S/C14H23F2NO/c1-4-5-10(2)11(3)13-7-6-12(8-17-13)18-9-14(15)16/h6,10-11,14H,4-5,7-9H2,1-3H3. The molecule has 0 aromatic rings. The fourth-order valence-corrected chi connectivity index (χ4v) is 2.17. The molecular formula is C14H23F2NO. The Balaban J connectivity index is 2.41. The van der Waals surface area contributed by atoms with Crippen LogP contribution in [0, 0.1) is 11.8 Å². The molecule has 2 unspecified atom stereocenters. The van der Waals surface area contributed by atoms with Crippen LogP contribution in [0.25, 0.3) is 0 Å². The summed E-state index contributed by atoms with van der Waals surface area (Å²) in [6.07, 6.45) is 2.57. The molecule has 0 aromatic heterocycles. The van der Waals surface area contributed by atoms with E-state index in [4.69, 9.17) is 4.74 Å². The summed E-state index contributed by atoms with van der Waals surface area (Å²) in [5.41, 5.74) is 1.17. The van der Waals surface area contributed by atoms with E-state index in [-0.39, 0.29) is 0 Å². The van der Waals surface area contributed by atoms with Gasteiger partial charge < -0.3 is 4.74 Å². The van der Waals surface area contributed by atoms with Gasteiger partial charge >= 0.3 is 0 Å². The van der Waals surface area contributed by atoms with E-state index in [1.165, 1.54) is 18.6 Å². The SMILES string of the molecule is CCCC(C)C(C)C1=NCC(OCC(F)F)=CC1. The average Bonchev–Trinajstić information content (AvgIpc) is 2.36. The number of nitrogens with zero attached hydrogens (tertiary/aromatic N) is 1. The van der Waals surface area contributed by atoms with Crippen LogP contribution in [-0.4, -0.2) is 25.3 Å². The van der Waals surface area contributed by atoms with Crippen LogP contribution in [-0.2, 0) is 4.74 Å². The van der Waals surface area contributed by atoms with Gasteiger partial charge in [-0.1, -0.05) is 33.6 Å². The minimum atomic E-state index is -2.42. The van der Waals surface area contributed by atoms with E-state index < -0.39 is 13.0 Å². The first-order chi connectivity index (χ1) is 8.54. The van der Waals surface area contributed by atoms with Crippen molar-refractivity contribution in [2.45, 2.75) is 46.5 Å². The number of allylic oxidation sites excluding steroid dienone is 1. The smallest absolute Gasteiger partial charge is 0.272 e. The van der Waals surface area contributed by atoms with E-state index in [1.54, 1.807) is 0 Å². The highest BCUT2D eigenvalue weighted by molar-refractivity contribution is 5.88. The van der Waals surface area contributed by atoms with Crippen LogP contribution < -0.4 is 0 Å². The molecule has 0 aliphatic carbocycles. The highest BCUT2D eigenvalue weighted by Crippen LogP contribution is 2.23. The largest absolute Gasteiger partial charge is 0.490 e. The maximum absolute atomic E-state index is 12.0. The van der Waals surface area contributed by atoms with Crippen LogP contribution in [0.3, 0.4) is 0 Å². The number of hydrogen-bond donors (Lipinski definition) is 0. The number of halogens is 2. The van der Waals surface area contributed by atoms with Crippen molar-refractivity contribution in [1.82, 2.24) is 0 Å². The second kappa shape index (κ2) is 7.49. The van der Waals surface area contributed by atoms with E-state index in [9.17, 15) is 8.78 Å². The monoisotopic (exact) mass is 259 g/mol. The van der Waals surface area contributed by atoms with E-state index in [2.05, 4.69) is 25.8 Å². The van der Waals surface area contributed by atoms with Crippen LogP contribution in [0.1, 0.15) is 40.0 Å². The minimum Gasteiger partial charge on any atom is -0.490 e. The Morgan fingerprint density at radius 2 is 2.11 bits per heavy atom. The quantitative estimate of drug-likeness (QED) is 0.675. The lowest BCUT2D eigenvalue weighted by Crippen LogP contribution is -2.22. The summed E-state index contributed by atoms with van der Waals surface area (Å²) in [5, 5.41) is 0. The average molecular weight is 259 g/mol. The third-order valence-corrected chi connectivity index (χ3v) is 3.49. The molecule has 1 heterocycles. The summed E-state index contributed by atoms with van der Waals surface area (Å²) < 4.78 is 29.0. The highest BCUT2D eigenvalue weighted by atomic mass is 19.3. The lowest BCUT2D eigenvalue weighted by atomic mass is 9.86. The van der Waals surface area contributed by atoms with Gasteiger partial charge in [0, 0.05) is 12.1 Å². The molecule has 0 fully saturated rings. The van der Waals surface area contributed by atoms with Crippen molar-refractivity contribution in [3.05, 3.63) is 11.8 Å². The molecular weight excluding hydrogens is 236 g/mol. The normalized spacial score (nSPS) is 19.2. The van der Waals surface area contributed by atoms with E-state index in [0.717, 1.165) is 6.42 Å². The Morgan fingerprint density at radius 1 is 1.39 bits per heavy atom. The maximum atomic E-state index is 12.0. The molecule has 0 amide bonds. The second-order valence-electron chi connectivity index (χ2n) is 4.94. The van der Waals surface area contributed by atoms with Crippen molar-refractivity contribution >= 4 is 5.71 Å². The highest BCUT2D eigenvalue weighted by Gasteiger charge is 2.19.